The zero-order chi connectivity index (χ0) is 18.5. The van der Waals surface area contributed by atoms with Crippen molar-refractivity contribution in [2.24, 2.45) is 23.2 Å². The number of hydrogen-bond acceptors (Lipinski definition) is 3. The number of aryl methyl sites for hydroxylation is 2. The van der Waals surface area contributed by atoms with E-state index in [-0.39, 0.29) is 17.7 Å². The van der Waals surface area contributed by atoms with E-state index >= 15 is 0 Å². The normalized spacial score (nSPS) is 33.3. The third-order valence-electron chi connectivity index (χ3n) is 7.33. The van der Waals surface area contributed by atoms with Crippen molar-refractivity contribution in [2.45, 2.75) is 78.2 Å². The van der Waals surface area contributed by atoms with Crippen LogP contribution in [-0.4, -0.2) is 17.7 Å². The Hall–Kier alpha value is -1.58. The highest BCUT2D eigenvalue weighted by atomic mass is 16.3. The minimum absolute atomic E-state index is 0.0115. The van der Waals surface area contributed by atoms with Crippen molar-refractivity contribution in [3.8, 4) is 0 Å². The fourth-order valence-electron chi connectivity index (χ4n) is 6.43. The number of furan rings is 1. The number of hydrogen-bond donors (Lipinski definition) is 1. The molecule has 0 aliphatic heterocycles. The van der Waals surface area contributed by atoms with Gasteiger partial charge in [0, 0.05) is 18.9 Å². The molecule has 1 amide bonds. The van der Waals surface area contributed by atoms with E-state index in [9.17, 15) is 9.59 Å². The highest BCUT2D eigenvalue weighted by Crippen LogP contribution is 2.61. The van der Waals surface area contributed by atoms with Gasteiger partial charge in [-0.05, 0) is 88.5 Å². The largest absolute Gasteiger partial charge is 0.466 e. The van der Waals surface area contributed by atoms with Crippen LogP contribution in [0.15, 0.2) is 10.5 Å². The summed E-state index contributed by atoms with van der Waals surface area (Å²) < 4.78 is 5.63. The van der Waals surface area contributed by atoms with Gasteiger partial charge in [-0.3, -0.25) is 9.59 Å². The van der Waals surface area contributed by atoms with Gasteiger partial charge in [-0.2, -0.15) is 0 Å². The van der Waals surface area contributed by atoms with Crippen LogP contribution >= 0.6 is 0 Å². The summed E-state index contributed by atoms with van der Waals surface area (Å²) in [5.41, 5.74) is 0.968. The molecule has 4 bridgehead atoms. The van der Waals surface area contributed by atoms with Gasteiger partial charge >= 0.3 is 0 Å². The Bertz CT molecular complexity index is 682. The standard InChI is InChI=1S/C22H31NO3/c1-13(24)20-9-19(26-14(20)2)4-5-21(25)23-15(3)22-10-16-6-17(11-22)8-18(7-16)12-22/h9,15-18H,4-8,10-12H2,1-3H3,(H,23,25)/t15-,16?,17?,18?,22?/m0/s1. The lowest BCUT2D eigenvalue weighted by molar-refractivity contribution is -0.125. The maximum Gasteiger partial charge on any atom is 0.220 e. The molecule has 0 radical (unpaired) electrons. The van der Waals surface area contributed by atoms with Gasteiger partial charge in [0.05, 0.1) is 5.56 Å². The number of amides is 1. The molecule has 142 valence electrons. The van der Waals surface area contributed by atoms with Gasteiger partial charge in [0.25, 0.3) is 0 Å². The first-order chi connectivity index (χ1) is 12.3. The fraction of sp³-hybridized carbons (Fsp3) is 0.727. The number of ketones is 1. The van der Waals surface area contributed by atoms with E-state index in [0.29, 0.717) is 29.6 Å². The predicted octanol–water partition coefficient (Wildman–Crippen LogP) is 4.44. The number of nitrogens with one attached hydrogen (secondary N) is 1. The Kier molecular flexibility index (Phi) is 4.48. The molecule has 0 unspecified atom stereocenters. The molecule has 4 heteroatoms. The molecule has 5 rings (SSSR count). The highest BCUT2D eigenvalue weighted by Gasteiger charge is 2.53. The molecule has 4 fully saturated rings. The fourth-order valence-corrected chi connectivity index (χ4v) is 6.43. The van der Waals surface area contributed by atoms with Crippen LogP contribution in [0, 0.1) is 30.1 Å². The second kappa shape index (κ2) is 6.54. The molecule has 4 saturated carbocycles. The van der Waals surface area contributed by atoms with Crippen molar-refractivity contribution in [3.63, 3.8) is 0 Å². The van der Waals surface area contributed by atoms with Crippen molar-refractivity contribution in [2.75, 3.05) is 0 Å². The van der Waals surface area contributed by atoms with E-state index in [1.165, 1.54) is 38.5 Å². The molecule has 0 aromatic carbocycles. The second-order valence-corrected chi connectivity index (χ2v) is 9.31. The smallest absolute Gasteiger partial charge is 0.220 e. The molecule has 4 nitrogen and oxygen atoms in total. The Morgan fingerprint density at radius 1 is 1.19 bits per heavy atom. The lowest BCUT2D eigenvalue weighted by atomic mass is 9.48. The molecule has 1 N–H and O–H groups in total. The minimum atomic E-state index is 0.0115. The van der Waals surface area contributed by atoms with Crippen molar-refractivity contribution in [1.82, 2.24) is 5.32 Å². The molecular weight excluding hydrogens is 326 g/mol. The van der Waals surface area contributed by atoms with Crippen molar-refractivity contribution in [3.05, 3.63) is 23.2 Å². The van der Waals surface area contributed by atoms with Gasteiger partial charge in [0.1, 0.15) is 11.5 Å². The summed E-state index contributed by atoms with van der Waals surface area (Å²) in [7, 11) is 0. The summed E-state index contributed by atoms with van der Waals surface area (Å²) in [6, 6.07) is 2.04. The first-order valence-electron chi connectivity index (χ1n) is 10.2. The number of Topliss-reactive ketones (excluding diaryl/α,β-unsaturated/α-hetero) is 1. The van der Waals surface area contributed by atoms with E-state index in [1.54, 1.807) is 19.9 Å². The average molecular weight is 357 g/mol. The molecule has 1 aromatic rings. The Labute approximate surface area is 156 Å². The molecule has 1 atom stereocenters. The number of rotatable bonds is 6. The van der Waals surface area contributed by atoms with E-state index in [4.69, 9.17) is 4.42 Å². The van der Waals surface area contributed by atoms with Crippen molar-refractivity contribution >= 4 is 11.7 Å². The third kappa shape index (κ3) is 3.23. The highest BCUT2D eigenvalue weighted by molar-refractivity contribution is 5.95. The molecule has 0 saturated heterocycles. The Balaban J connectivity index is 1.33. The number of carbonyl (C=O) groups is 2. The van der Waals surface area contributed by atoms with Crippen molar-refractivity contribution < 1.29 is 14.0 Å². The summed E-state index contributed by atoms with van der Waals surface area (Å²) in [6.45, 7) is 5.56. The first kappa shape index (κ1) is 17.8. The maximum absolute atomic E-state index is 12.5. The van der Waals surface area contributed by atoms with Gasteiger partial charge < -0.3 is 9.73 Å². The van der Waals surface area contributed by atoms with Crippen LogP contribution < -0.4 is 5.32 Å². The summed E-state index contributed by atoms with van der Waals surface area (Å²) in [5.74, 6) is 4.19. The van der Waals surface area contributed by atoms with E-state index in [1.807, 2.05) is 0 Å². The SMILES string of the molecule is CC(=O)c1cc(CCC(=O)N[C@@H](C)C23CC4CC(CC(C4)C2)C3)oc1C. The van der Waals surface area contributed by atoms with Crippen LogP contribution in [0.4, 0.5) is 0 Å². The van der Waals surface area contributed by atoms with E-state index in [2.05, 4.69) is 12.2 Å². The van der Waals surface area contributed by atoms with Crippen molar-refractivity contribution in [1.29, 1.82) is 0 Å². The maximum atomic E-state index is 12.5. The minimum Gasteiger partial charge on any atom is -0.466 e. The average Bonchev–Trinajstić information content (AvgIpc) is 2.93. The van der Waals surface area contributed by atoms with Gasteiger partial charge in [0.15, 0.2) is 5.78 Å². The predicted molar refractivity (Wildman–Crippen MR) is 100.0 cm³/mol. The van der Waals surface area contributed by atoms with Gasteiger partial charge in [-0.15, -0.1) is 0 Å². The van der Waals surface area contributed by atoms with E-state index in [0.717, 1.165) is 23.5 Å². The quantitative estimate of drug-likeness (QED) is 0.766. The molecule has 4 aliphatic carbocycles. The van der Waals surface area contributed by atoms with Crippen LogP contribution in [0.5, 0.6) is 0 Å². The Morgan fingerprint density at radius 2 is 1.77 bits per heavy atom. The van der Waals surface area contributed by atoms with Gasteiger partial charge in [0.2, 0.25) is 5.91 Å². The zero-order valence-electron chi connectivity index (χ0n) is 16.3. The molecular formula is C22H31NO3. The molecule has 1 aromatic heterocycles. The van der Waals surface area contributed by atoms with Gasteiger partial charge in [-0.1, -0.05) is 0 Å². The van der Waals surface area contributed by atoms with Crippen LogP contribution in [0.25, 0.3) is 0 Å². The van der Waals surface area contributed by atoms with Crippen LogP contribution in [0.1, 0.15) is 80.7 Å². The number of carbonyl (C=O) groups excluding carboxylic acids is 2. The third-order valence-corrected chi connectivity index (χ3v) is 7.33. The molecule has 1 heterocycles. The molecule has 4 aliphatic rings. The molecule has 26 heavy (non-hydrogen) atoms. The summed E-state index contributed by atoms with van der Waals surface area (Å²) in [5, 5.41) is 3.30. The second-order valence-electron chi connectivity index (χ2n) is 9.31. The van der Waals surface area contributed by atoms with Crippen LogP contribution in [0.2, 0.25) is 0 Å². The summed E-state index contributed by atoms with van der Waals surface area (Å²) in [4.78, 5) is 24.1. The molecule has 0 spiro atoms. The zero-order valence-corrected chi connectivity index (χ0v) is 16.3. The topological polar surface area (TPSA) is 59.3 Å². The monoisotopic (exact) mass is 357 g/mol. The van der Waals surface area contributed by atoms with Gasteiger partial charge in [-0.25, -0.2) is 0 Å². The lowest BCUT2D eigenvalue weighted by Gasteiger charge is -2.59. The summed E-state index contributed by atoms with van der Waals surface area (Å²) >= 11 is 0. The van der Waals surface area contributed by atoms with Crippen LogP contribution in [-0.2, 0) is 11.2 Å². The Morgan fingerprint density at radius 3 is 2.27 bits per heavy atom. The van der Waals surface area contributed by atoms with Crippen LogP contribution in [0.3, 0.4) is 0 Å². The lowest BCUT2D eigenvalue weighted by Crippen LogP contribution is -2.55. The first-order valence-corrected chi connectivity index (χ1v) is 10.2. The summed E-state index contributed by atoms with van der Waals surface area (Å²) in [6.07, 6.45) is 9.16. The van der Waals surface area contributed by atoms with E-state index < -0.39 is 0 Å².